The highest BCUT2D eigenvalue weighted by molar-refractivity contribution is 5.98. The Hall–Kier alpha value is -0.950. The molecule has 0 bridgehead atoms. The Morgan fingerprint density at radius 3 is 2.41 bits per heavy atom. The molecule has 5 rings (SSSR count). The van der Waals surface area contributed by atoms with Crippen LogP contribution in [0.2, 0.25) is 0 Å². The molecule has 5 aliphatic rings. The van der Waals surface area contributed by atoms with E-state index < -0.39 is 17.7 Å². The molecule has 6 heteroatoms. The lowest BCUT2D eigenvalue weighted by Crippen LogP contribution is -2.59. The van der Waals surface area contributed by atoms with E-state index in [-0.39, 0.29) is 41.3 Å². The van der Waals surface area contributed by atoms with Gasteiger partial charge in [0.1, 0.15) is 23.6 Å². The van der Waals surface area contributed by atoms with Gasteiger partial charge < -0.3 is 23.7 Å². The number of carbonyl (C=O) groups excluding carboxylic acids is 1. The number of rotatable bonds is 0. The Kier molecular flexibility index (Phi) is 3.59. The number of ketones is 1. The first-order chi connectivity index (χ1) is 12.5. The van der Waals surface area contributed by atoms with Gasteiger partial charge in [0, 0.05) is 30.3 Å². The fourth-order valence-corrected chi connectivity index (χ4v) is 5.66. The van der Waals surface area contributed by atoms with Gasteiger partial charge in [0.05, 0.1) is 12.7 Å². The predicted molar refractivity (Wildman–Crippen MR) is 95.6 cm³/mol. The van der Waals surface area contributed by atoms with E-state index in [4.69, 9.17) is 23.7 Å². The lowest BCUT2D eigenvalue weighted by Gasteiger charge is -2.53. The number of fused-ring (bicyclic) bond motifs is 6. The molecule has 0 unspecified atom stereocenters. The van der Waals surface area contributed by atoms with Crippen molar-refractivity contribution in [3.05, 3.63) is 11.3 Å². The number of hydrogen-bond donors (Lipinski definition) is 0. The summed E-state index contributed by atoms with van der Waals surface area (Å²) in [4.78, 5) is 13.2. The van der Waals surface area contributed by atoms with E-state index in [1.807, 2.05) is 13.8 Å². The number of carbonyl (C=O) groups is 1. The van der Waals surface area contributed by atoms with Crippen molar-refractivity contribution in [3.8, 4) is 0 Å². The summed E-state index contributed by atoms with van der Waals surface area (Å²) < 4.78 is 30.9. The molecular weight excluding hydrogens is 348 g/mol. The minimum absolute atomic E-state index is 0.0352. The predicted octanol–water partition coefficient (Wildman–Crippen LogP) is 2.95. The molecule has 1 aliphatic carbocycles. The number of ether oxygens (including phenoxy) is 5. The van der Waals surface area contributed by atoms with Crippen LogP contribution in [0.3, 0.4) is 0 Å². The van der Waals surface area contributed by atoms with Crippen LogP contribution in [0.15, 0.2) is 11.3 Å². The summed E-state index contributed by atoms with van der Waals surface area (Å²) in [6, 6.07) is 0. The van der Waals surface area contributed by atoms with Gasteiger partial charge in [0.2, 0.25) is 0 Å². The van der Waals surface area contributed by atoms with Gasteiger partial charge in [-0.25, -0.2) is 0 Å². The highest BCUT2D eigenvalue weighted by Gasteiger charge is 2.64. The largest absolute Gasteiger partial charge is 0.491 e. The average molecular weight is 378 g/mol. The van der Waals surface area contributed by atoms with Crippen LogP contribution in [0.25, 0.3) is 0 Å². The smallest absolute Gasteiger partial charge is 0.190 e. The Morgan fingerprint density at radius 2 is 1.67 bits per heavy atom. The highest BCUT2D eigenvalue weighted by Crippen LogP contribution is 2.55. The zero-order valence-corrected chi connectivity index (χ0v) is 17.0. The molecule has 27 heavy (non-hydrogen) atoms. The van der Waals surface area contributed by atoms with E-state index in [0.717, 1.165) is 17.8 Å². The quantitative estimate of drug-likeness (QED) is 0.646. The SMILES string of the molecule is CC1(C)CC(=O)C2=C(C1)OC(C)(C)[C@H]1CO[C@@H]3[C@H]4OC(C)(C)O[C@H]4O[C@@H]3[C@@H]21. The van der Waals surface area contributed by atoms with Crippen LogP contribution in [0.5, 0.6) is 0 Å². The lowest BCUT2D eigenvalue weighted by molar-refractivity contribution is -0.249. The molecule has 150 valence electrons. The highest BCUT2D eigenvalue weighted by atomic mass is 16.8. The molecule has 0 spiro atoms. The van der Waals surface area contributed by atoms with E-state index in [1.54, 1.807) is 0 Å². The first-order valence-corrected chi connectivity index (χ1v) is 10.1. The molecule has 0 aromatic heterocycles. The molecule has 6 atom stereocenters. The zero-order chi connectivity index (χ0) is 19.4. The molecule has 0 aromatic carbocycles. The summed E-state index contributed by atoms with van der Waals surface area (Å²) in [7, 11) is 0. The second kappa shape index (κ2) is 5.35. The normalized spacial score (nSPS) is 46.2. The Bertz CT molecular complexity index is 720. The summed E-state index contributed by atoms with van der Waals surface area (Å²) >= 11 is 0. The van der Waals surface area contributed by atoms with Gasteiger partial charge in [-0.05, 0) is 33.1 Å². The molecule has 0 saturated carbocycles. The van der Waals surface area contributed by atoms with Gasteiger partial charge in [-0.1, -0.05) is 13.8 Å². The van der Waals surface area contributed by atoms with E-state index in [2.05, 4.69) is 27.7 Å². The fraction of sp³-hybridized carbons (Fsp3) is 0.857. The summed E-state index contributed by atoms with van der Waals surface area (Å²) in [5, 5.41) is 0. The topological polar surface area (TPSA) is 63.2 Å². The Balaban J connectivity index is 1.55. The Labute approximate surface area is 160 Å². The summed E-state index contributed by atoms with van der Waals surface area (Å²) in [6.45, 7) is 12.8. The molecule has 6 nitrogen and oxygen atoms in total. The van der Waals surface area contributed by atoms with Crippen LogP contribution in [0.4, 0.5) is 0 Å². The molecule has 0 amide bonds. The maximum absolute atomic E-state index is 13.2. The summed E-state index contributed by atoms with van der Waals surface area (Å²) in [5.74, 6) is 0.396. The maximum Gasteiger partial charge on any atom is 0.190 e. The molecular formula is C21H30O6. The first-order valence-electron chi connectivity index (χ1n) is 10.1. The molecule has 3 saturated heterocycles. The monoisotopic (exact) mass is 378 g/mol. The average Bonchev–Trinajstić information content (AvgIpc) is 2.96. The first kappa shape index (κ1) is 18.1. The third-order valence-corrected chi connectivity index (χ3v) is 6.77. The van der Waals surface area contributed by atoms with Crippen molar-refractivity contribution in [2.45, 2.75) is 90.4 Å². The summed E-state index contributed by atoms with van der Waals surface area (Å²) in [6.07, 6.45) is 0.169. The van der Waals surface area contributed by atoms with Gasteiger partial charge in [0.25, 0.3) is 0 Å². The third-order valence-electron chi connectivity index (χ3n) is 6.77. The summed E-state index contributed by atoms with van der Waals surface area (Å²) in [5.41, 5.74) is 0.341. The zero-order valence-electron chi connectivity index (χ0n) is 17.0. The number of allylic oxidation sites excluding steroid dienone is 1. The second-order valence-corrected chi connectivity index (χ2v) is 10.5. The third kappa shape index (κ3) is 2.64. The molecule has 3 fully saturated rings. The van der Waals surface area contributed by atoms with Crippen LogP contribution in [0, 0.1) is 17.3 Å². The molecule has 0 aromatic rings. The maximum atomic E-state index is 13.2. The van der Waals surface area contributed by atoms with Crippen molar-refractivity contribution >= 4 is 5.78 Å². The van der Waals surface area contributed by atoms with Crippen LogP contribution >= 0.6 is 0 Å². The van der Waals surface area contributed by atoms with E-state index in [9.17, 15) is 4.79 Å². The van der Waals surface area contributed by atoms with Crippen molar-refractivity contribution in [2.24, 2.45) is 17.3 Å². The van der Waals surface area contributed by atoms with Crippen molar-refractivity contribution in [3.63, 3.8) is 0 Å². The minimum atomic E-state index is -0.676. The van der Waals surface area contributed by atoms with Gasteiger partial charge in [-0.3, -0.25) is 4.79 Å². The standard InChI is InChI=1S/C21H30O6/c1-19(2)7-11(22)14-12(8-19)25-20(3,4)10-9-23-16-15(13(10)14)24-18-17(16)26-21(5,6)27-18/h10,13,15-18H,7-9H2,1-6H3/t10-,13+,15+,16-,17+,18+/m0/s1. The number of Topliss-reactive ketones (excluding diaryl/α,β-unsaturated/α-hetero) is 1. The molecule has 4 aliphatic heterocycles. The van der Waals surface area contributed by atoms with Crippen molar-refractivity contribution < 1.29 is 28.5 Å². The van der Waals surface area contributed by atoms with Crippen molar-refractivity contribution in [2.75, 3.05) is 6.61 Å². The van der Waals surface area contributed by atoms with Gasteiger partial charge in [0.15, 0.2) is 17.9 Å². The second-order valence-electron chi connectivity index (χ2n) is 10.5. The van der Waals surface area contributed by atoms with Gasteiger partial charge >= 0.3 is 0 Å². The van der Waals surface area contributed by atoms with Crippen LogP contribution in [-0.4, -0.2) is 48.4 Å². The minimum Gasteiger partial charge on any atom is -0.491 e. The molecule has 0 N–H and O–H groups in total. The van der Waals surface area contributed by atoms with Gasteiger partial charge in [-0.15, -0.1) is 0 Å². The van der Waals surface area contributed by atoms with Crippen molar-refractivity contribution in [1.82, 2.24) is 0 Å². The van der Waals surface area contributed by atoms with Crippen LogP contribution in [0.1, 0.15) is 54.4 Å². The van der Waals surface area contributed by atoms with Crippen molar-refractivity contribution in [1.29, 1.82) is 0 Å². The lowest BCUT2D eigenvalue weighted by atomic mass is 9.63. The number of hydrogen-bond acceptors (Lipinski definition) is 6. The van der Waals surface area contributed by atoms with Gasteiger partial charge in [-0.2, -0.15) is 0 Å². The van der Waals surface area contributed by atoms with E-state index in [0.29, 0.717) is 13.0 Å². The Morgan fingerprint density at radius 1 is 0.926 bits per heavy atom. The van der Waals surface area contributed by atoms with Crippen LogP contribution in [-0.2, 0) is 28.5 Å². The molecule has 4 heterocycles. The van der Waals surface area contributed by atoms with E-state index >= 15 is 0 Å². The van der Waals surface area contributed by atoms with Crippen LogP contribution < -0.4 is 0 Å². The van der Waals surface area contributed by atoms with E-state index in [1.165, 1.54) is 0 Å². The fourth-order valence-electron chi connectivity index (χ4n) is 5.66. The molecule has 0 radical (unpaired) electrons.